The van der Waals surface area contributed by atoms with E-state index in [2.05, 4.69) is 75.0 Å². The average molecular weight is 289 g/mol. The van der Waals surface area contributed by atoms with Crippen LogP contribution in [-0.4, -0.2) is 4.98 Å². The molecular formula is C20H21N2+. The van der Waals surface area contributed by atoms with Gasteiger partial charge in [-0.15, -0.1) is 0 Å². The molecule has 0 amide bonds. The second-order valence-electron chi connectivity index (χ2n) is 5.85. The number of hydrogen-bond donors (Lipinski definition) is 0. The fourth-order valence-electron chi connectivity index (χ4n) is 2.98. The molecule has 0 aliphatic rings. The zero-order valence-corrected chi connectivity index (χ0v) is 13.6. The minimum absolute atomic E-state index is 1.05. The summed E-state index contributed by atoms with van der Waals surface area (Å²) < 4.78 is 2.13. The number of pyridine rings is 2. The molecule has 1 aromatic carbocycles. The first-order valence-corrected chi connectivity index (χ1v) is 7.56. The summed E-state index contributed by atoms with van der Waals surface area (Å²) in [6, 6.07) is 14.8. The number of benzene rings is 1. The molecule has 0 radical (unpaired) electrons. The number of hydrogen-bond acceptors (Lipinski definition) is 1. The van der Waals surface area contributed by atoms with E-state index in [1.165, 1.54) is 33.5 Å². The largest absolute Gasteiger partial charge is 0.255 e. The number of rotatable bonds is 2. The van der Waals surface area contributed by atoms with Crippen molar-refractivity contribution in [1.29, 1.82) is 0 Å². The van der Waals surface area contributed by atoms with E-state index in [0.717, 1.165) is 5.69 Å². The molecule has 0 spiro atoms. The highest BCUT2D eigenvalue weighted by Gasteiger charge is 2.14. The maximum absolute atomic E-state index is 4.74. The molecule has 3 rings (SSSR count). The van der Waals surface area contributed by atoms with Crippen LogP contribution < -0.4 is 4.57 Å². The van der Waals surface area contributed by atoms with E-state index in [1.807, 2.05) is 12.3 Å². The van der Waals surface area contributed by atoms with Gasteiger partial charge in [0.2, 0.25) is 5.69 Å². The summed E-state index contributed by atoms with van der Waals surface area (Å²) in [6.07, 6.45) is 4.06. The van der Waals surface area contributed by atoms with E-state index >= 15 is 0 Å². The number of nitrogens with zero attached hydrogens (tertiary/aromatic N) is 2. The molecule has 0 N–H and O–H groups in total. The second kappa shape index (κ2) is 5.72. The molecule has 0 aliphatic heterocycles. The predicted octanol–water partition coefficient (Wildman–Crippen LogP) is 4.17. The third kappa shape index (κ3) is 2.52. The summed E-state index contributed by atoms with van der Waals surface area (Å²) in [7, 11) is 2.06. The summed E-state index contributed by atoms with van der Waals surface area (Å²) in [6.45, 7) is 6.44. The molecule has 0 saturated carbocycles. The lowest BCUT2D eigenvalue weighted by Gasteiger charge is -2.11. The fourth-order valence-corrected chi connectivity index (χ4v) is 2.98. The standard InChI is InChI=1S/C20H21N2/c1-14-8-7-9-15(2)20(14)18-12-16(3)17(13-21-18)19-10-5-6-11-22(19)4/h5-13H,1-4H3/q+1. The fraction of sp³-hybridized carbons (Fsp3) is 0.200. The Morgan fingerprint density at radius 3 is 2.23 bits per heavy atom. The first-order valence-electron chi connectivity index (χ1n) is 7.56. The van der Waals surface area contributed by atoms with Gasteiger partial charge in [0.15, 0.2) is 6.20 Å². The van der Waals surface area contributed by atoms with E-state index in [0.29, 0.717) is 0 Å². The zero-order valence-electron chi connectivity index (χ0n) is 13.6. The van der Waals surface area contributed by atoms with Crippen molar-refractivity contribution in [2.75, 3.05) is 0 Å². The SMILES string of the molecule is Cc1cc(-c2c(C)cccc2C)ncc1-c1cccc[n+]1C. The van der Waals surface area contributed by atoms with Crippen LogP contribution in [0.1, 0.15) is 16.7 Å². The molecule has 0 fully saturated rings. The smallest absolute Gasteiger partial charge is 0.214 e. The van der Waals surface area contributed by atoms with Crippen LogP contribution in [0.2, 0.25) is 0 Å². The van der Waals surface area contributed by atoms with Crippen molar-refractivity contribution in [3.05, 3.63) is 71.5 Å². The molecule has 2 aromatic heterocycles. The van der Waals surface area contributed by atoms with E-state index < -0.39 is 0 Å². The van der Waals surface area contributed by atoms with Crippen molar-refractivity contribution < 1.29 is 4.57 Å². The lowest BCUT2D eigenvalue weighted by molar-refractivity contribution is -0.660. The lowest BCUT2D eigenvalue weighted by Crippen LogP contribution is -2.30. The summed E-state index contributed by atoms with van der Waals surface area (Å²) in [5.41, 5.74) is 8.44. The Balaban J connectivity index is 2.13. The number of aryl methyl sites for hydroxylation is 4. The van der Waals surface area contributed by atoms with Crippen LogP contribution in [0.25, 0.3) is 22.5 Å². The first kappa shape index (κ1) is 14.5. The van der Waals surface area contributed by atoms with Crippen molar-refractivity contribution >= 4 is 0 Å². The Bertz CT molecular complexity index is 815. The Labute approximate surface area is 132 Å². The zero-order chi connectivity index (χ0) is 15.7. The minimum Gasteiger partial charge on any atom is -0.255 e. The highest BCUT2D eigenvalue weighted by molar-refractivity contribution is 5.71. The molecule has 2 heteroatoms. The summed E-state index contributed by atoms with van der Waals surface area (Å²) in [5.74, 6) is 0. The van der Waals surface area contributed by atoms with Crippen LogP contribution in [0.15, 0.2) is 54.9 Å². The Kier molecular flexibility index (Phi) is 3.76. The topological polar surface area (TPSA) is 16.8 Å². The lowest BCUT2D eigenvalue weighted by atomic mass is 9.97. The maximum atomic E-state index is 4.74. The van der Waals surface area contributed by atoms with Crippen LogP contribution in [0.3, 0.4) is 0 Å². The van der Waals surface area contributed by atoms with Gasteiger partial charge in [-0.3, -0.25) is 4.98 Å². The molecule has 0 unspecified atom stereocenters. The Morgan fingerprint density at radius 1 is 0.864 bits per heavy atom. The van der Waals surface area contributed by atoms with Gasteiger partial charge in [0.25, 0.3) is 0 Å². The van der Waals surface area contributed by atoms with Gasteiger partial charge in [-0.2, -0.15) is 0 Å². The van der Waals surface area contributed by atoms with Crippen LogP contribution >= 0.6 is 0 Å². The molecule has 3 aromatic rings. The third-order valence-electron chi connectivity index (χ3n) is 4.18. The van der Waals surface area contributed by atoms with Crippen LogP contribution in [0.4, 0.5) is 0 Å². The van der Waals surface area contributed by atoms with Crippen molar-refractivity contribution in [2.24, 2.45) is 7.05 Å². The molecule has 22 heavy (non-hydrogen) atoms. The van der Waals surface area contributed by atoms with E-state index in [-0.39, 0.29) is 0 Å². The molecule has 0 aliphatic carbocycles. The van der Waals surface area contributed by atoms with Crippen LogP contribution in [0.5, 0.6) is 0 Å². The van der Waals surface area contributed by atoms with E-state index in [4.69, 9.17) is 4.98 Å². The summed E-state index contributed by atoms with van der Waals surface area (Å²) in [5, 5.41) is 0. The van der Waals surface area contributed by atoms with Gasteiger partial charge in [0.1, 0.15) is 7.05 Å². The molecule has 0 saturated heterocycles. The van der Waals surface area contributed by atoms with Crippen molar-refractivity contribution in [2.45, 2.75) is 20.8 Å². The van der Waals surface area contributed by atoms with Gasteiger partial charge in [-0.05, 0) is 49.6 Å². The first-order chi connectivity index (χ1) is 10.6. The van der Waals surface area contributed by atoms with Gasteiger partial charge in [-0.25, -0.2) is 4.57 Å². The monoisotopic (exact) mass is 289 g/mol. The molecule has 2 nitrogen and oxygen atoms in total. The van der Waals surface area contributed by atoms with Gasteiger partial charge in [0.05, 0.1) is 11.3 Å². The van der Waals surface area contributed by atoms with Gasteiger partial charge in [0, 0.05) is 23.9 Å². The molecular weight excluding hydrogens is 268 g/mol. The van der Waals surface area contributed by atoms with Crippen molar-refractivity contribution in [1.82, 2.24) is 4.98 Å². The van der Waals surface area contributed by atoms with Crippen LogP contribution in [-0.2, 0) is 7.05 Å². The maximum Gasteiger partial charge on any atom is 0.214 e. The van der Waals surface area contributed by atoms with E-state index in [9.17, 15) is 0 Å². The highest BCUT2D eigenvalue weighted by Crippen LogP contribution is 2.28. The van der Waals surface area contributed by atoms with Gasteiger partial charge in [-0.1, -0.05) is 18.2 Å². The highest BCUT2D eigenvalue weighted by atomic mass is 14.9. The third-order valence-corrected chi connectivity index (χ3v) is 4.18. The second-order valence-corrected chi connectivity index (χ2v) is 5.85. The average Bonchev–Trinajstić information content (AvgIpc) is 2.48. The predicted molar refractivity (Wildman–Crippen MR) is 90.5 cm³/mol. The molecule has 110 valence electrons. The van der Waals surface area contributed by atoms with Crippen molar-refractivity contribution in [3.63, 3.8) is 0 Å². The Hall–Kier alpha value is -2.48. The van der Waals surface area contributed by atoms with Crippen molar-refractivity contribution in [3.8, 4) is 22.5 Å². The number of aromatic nitrogens is 2. The normalized spacial score (nSPS) is 10.7. The van der Waals surface area contributed by atoms with Gasteiger partial charge >= 0.3 is 0 Å². The minimum atomic E-state index is 1.05. The molecule has 0 atom stereocenters. The summed E-state index contributed by atoms with van der Waals surface area (Å²) >= 11 is 0. The Morgan fingerprint density at radius 2 is 1.59 bits per heavy atom. The quantitative estimate of drug-likeness (QED) is 0.647. The molecule has 0 bridgehead atoms. The summed E-state index contributed by atoms with van der Waals surface area (Å²) in [4.78, 5) is 4.74. The van der Waals surface area contributed by atoms with E-state index in [1.54, 1.807) is 0 Å². The van der Waals surface area contributed by atoms with Gasteiger partial charge < -0.3 is 0 Å². The van der Waals surface area contributed by atoms with Crippen LogP contribution in [0, 0.1) is 20.8 Å². The molecule has 2 heterocycles.